The minimum absolute atomic E-state index is 0.0749. The first-order chi connectivity index (χ1) is 14.8. The van der Waals surface area contributed by atoms with Gasteiger partial charge in [-0.15, -0.1) is 0 Å². The molecule has 2 rings (SSSR count). The number of hydrogen-bond donors (Lipinski definition) is 1. The monoisotopic (exact) mass is 486 g/mol. The molecule has 0 atom stereocenters. The number of nitrogens with zero attached hydrogens (tertiary/aromatic N) is 1. The lowest BCUT2D eigenvalue weighted by Crippen LogP contribution is -2.15. The van der Waals surface area contributed by atoms with E-state index in [0.29, 0.717) is 27.2 Å². The normalized spacial score (nSPS) is 10.8. The van der Waals surface area contributed by atoms with Crippen LogP contribution in [0.5, 0.6) is 11.5 Å². The van der Waals surface area contributed by atoms with E-state index in [4.69, 9.17) is 14.2 Å². The van der Waals surface area contributed by atoms with Crippen LogP contribution in [0.3, 0.4) is 0 Å². The van der Waals surface area contributed by atoms with E-state index in [9.17, 15) is 14.9 Å². The van der Waals surface area contributed by atoms with Crippen LogP contribution < -0.4 is 14.8 Å². The molecule has 2 aromatic rings. The van der Waals surface area contributed by atoms with E-state index in [0.717, 1.165) is 11.1 Å². The highest BCUT2D eigenvalue weighted by molar-refractivity contribution is 9.10. The maximum absolute atomic E-state index is 12.6. The Morgan fingerprint density at radius 2 is 1.97 bits per heavy atom. The number of anilines is 1. The third-order valence-corrected chi connectivity index (χ3v) is 4.79. The standard InChI is InChI=1S/C23H23BrN2O5/c1-5-30-21(27)13-31-22-18(24)10-16(11-20(22)29-4)9-17(12-25)23(28)26-19-7-6-14(2)8-15(19)3/h6-11H,5,13H2,1-4H3,(H,26,28)/b17-9+. The smallest absolute Gasteiger partial charge is 0.344 e. The van der Waals surface area contributed by atoms with Crippen molar-refractivity contribution in [2.45, 2.75) is 20.8 Å². The number of nitrogens with one attached hydrogen (secondary N) is 1. The molecule has 162 valence electrons. The molecule has 0 heterocycles. The summed E-state index contributed by atoms with van der Waals surface area (Å²) in [7, 11) is 1.45. The Kier molecular flexibility index (Phi) is 8.64. The molecule has 0 bridgehead atoms. The fraction of sp³-hybridized carbons (Fsp3) is 0.261. The lowest BCUT2D eigenvalue weighted by atomic mass is 10.1. The average molecular weight is 487 g/mol. The second kappa shape index (κ2) is 11.2. The molecule has 0 saturated heterocycles. The van der Waals surface area contributed by atoms with Crippen molar-refractivity contribution in [2.24, 2.45) is 0 Å². The Morgan fingerprint density at radius 3 is 2.58 bits per heavy atom. The van der Waals surface area contributed by atoms with Crippen LogP contribution in [0.25, 0.3) is 6.08 Å². The highest BCUT2D eigenvalue weighted by atomic mass is 79.9. The number of halogens is 1. The van der Waals surface area contributed by atoms with E-state index in [1.807, 2.05) is 32.0 Å². The predicted octanol–water partition coefficient (Wildman–Crippen LogP) is 4.56. The summed E-state index contributed by atoms with van der Waals surface area (Å²) in [5.74, 6) is -0.384. The number of aryl methyl sites for hydroxylation is 2. The van der Waals surface area contributed by atoms with Crippen LogP contribution in [0.15, 0.2) is 40.4 Å². The lowest BCUT2D eigenvalue weighted by molar-refractivity contribution is -0.145. The van der Waals surface area contributed by atoms with Crippen molar-refractivity contribution in [1.82, 2.24) is 0 Å². The van der Waals surface area contributed by atoms with Gasteiger partial charge in [0.2, 0.25) is 0 Å². The molecular weight excluding hydrogens is 464 g/mol. The zero-order valence-corrected chi connectivity index (χ0v) is 19.3. The number of carbonyl (C=O) groups is 2. The van der Waals surface area contributed by atoms with Gasteiger partial charge < -0.3 is 19.5 Å². The molecule has 1 N–H and O–H groups in total. The molecule has 31 heavy (non-hydrogen) atoms. The topological polar surface area (TPSA) is 97.7 Å². The number of benzene rings is 2. The quantitative estimate of drug-likeness (QED) is 0.333. The molecule has 0 aliphatic heterocycles. The average Bonchev–Trinajstić information content (AvgIpc) is 2.72. The van der Waals surface area contributed by atoms with Gasteiger partial charge >= 0.3 is 5.97 Å². The van der Waals surface area contributed by atoms with Crippen molar-refractivity contribution in [2.75, 3.05) is 25.6 Å². The molecule has 2 aromatic carbocycles. The summed E-state index contributed by atoms with van der Waals surface area (Å²) >= 11 is 3.38. The Hall–Kier alpha value is -3.31. The molecule has 0 unspecified atom stereocenters. The van der Waals surface area contributed by atoms with Crippen LogP contribution in [0, 0.1) is 25.2 Å². The number of hydrogen-bond acceptors (Lipinski definition) is 6. The minimum Gasteiger partial charge on any atom is -0.493 e. The number of methoxy groups -OCH3 is 1. The molecule has 8 heteroatoms. The van der Waals surface area contributed by atoms with Gasteiger partial charge in [-0.05, 0) is 72.1 Å². The molecule has 0 aromatic heterocycles. The van der Waals surface area contributed by atoms with Gasteiger partial charge in [-0.3, -0.25) is 4.79 Å². The van der Waals surface area contributed by atoms with Gasteiger partial charge in [0.15, 0.2) is 18.1 Å². The zero-order valence-electron chi connectivity index (χ0n) is 17.7. The second-order valence-corrected chi connectivity index (χ2v) is 7.42. The summed E-state index contributed by atoms with van der Waals surface area (Å²) in [4.78, 5) is 24.2. The van der Waals surface area contributed by atoms with Crippen molar-refractivity contribution in [3.63, 3.8) is 0 Å². The first kappa shape index (κ1) is 24.0. The molecular formula is C23H23BrN2O5. The first-order valence-electron chi connectivity index (χ1n) is 9.45. The van der Waals surface area contributed by atoms with Gasteiger partial charge in [-0.25, -0.2) is 4.79 Å². The number of nitriles is 1. The summed E-state index contributed by atoms with van der Waals surface area (Å²) in [5, 5.41) is 12.3. The Labute approximate surface area is 189 Å². The van der Waals surface area contributed by atoms with Gasteiger partial charge in [0.25, 0.3) is 5.91 Å². The van der Waals surface area contributed by atoms with Crippen molar-refractivity contribution in [3.05, 3.63) is 57.1 Å². The number of rotatable bonds is 8. The molecule has 0 saturated carbocycles. The van der Waals surface area contributed by atoms with Crippen LogP contribution >= 0.6 is 15.9 Å². The third-order valence-electron chi connectivity index (χ3n) is 4.20. The van der Waals surface area contributed by atoms with Crippen LogP contribution in [-0.4, -0.2) is 32.2 Å². The van der Waals surface area contributed by atoms with Gasteiger partial charge in [0.05, 0.1) is 18.2 Å². The van der Waals surface area contributed by atoms with Gasteiger partial charge in [-0.1, -0.05) is 17.7 Å². The maximum atomic E-state index is 12.6. The van der Waals surface area contributed by atoms with Crippen LogP contribution in [0.4, 0.5) is 5.69 Å². The number of ether oxygens (including phenoxy) is 3. The summed E-state index contributed by atoms with van der Waals surface area (Å²) in [6, 6.07) is 10.8. The van der Waals surface area contributed by atoms with E-state index in [-0.39, 0.29) is 18.8 Å². The summed E-state index contributed by atoms with van der Waals surface area (Å²) in [5.41, 5.74) is 3.08. The van der Waals surface area contributed by atoms with Crippen LogP contribution in [0.2, 0.25) is 0 Å². The van der Waals surface area contributed by atoms with Crippen LogP contribution in [-0.2, 0) is 14.3 Å². The highest BCUT2D eigenvalue weighted by Crippen LogP contribution is 2.37. The fourth-order valence-corrected chi connectivity index (χ4v) is 3.33. The molecule has 0 fully saturated rings. The fourth-order valence-electron chi connectivity index (χ4n) is 2.76. The van der Waals surface area contributed by atoms with E-state index in [1.54, 1.807) is 25.1 Å². The molecule has 0 aliphatic carbocycles. The molecule has 0 spiro atoms. The Bertz CT molecular complexity index is 1060. The minimum atomic E-state index is -0.521. The first-order valence-corrected chi connectivity index (χ1v) is 10.2. The van der Waals surface area contributed by atoms with Crippen molar-refractivity contribution in [3.8, 4) is 17.6 Å². The molecule has 0 aliphatic rings. The predicted molar refractivity (Wildman–Crippen MR) is 121 cm³/mol. The zero-order chi connectivity index (χ0) is 23.0. The Balaban J connectivity index is 2.27. The molecule has 1 amide bonds. The Morgan fingerprint density at radius 1 is 1.23 bits per heavy atom. The highest BCUT2D eigenvalue weighted by Gasteiger charge is 2.16. The van der Waals surface area contributed by atoms with Gasteiger partial charge in [0.1, 0.15) is 11.6 Å². The number of carbonyl (C=O) groups excluding carboxylic acids is 2. The SMILES string of the molecule is CCOC(=O)COc1c(Br)cc(/C=C(\C#N)C(=O)Nc2ccc(C)cc2C)cc1OC. The molecule has 0 radical (unpaired) electrons. The van der Waals surface area contributed by atoms with Crippen LogP contribution in [0.1, 0.15) is 23.6 Å². The molecule has 7 nitrogen and oxygen atoms in total. The second-order valence-electron chi connectivity index (χ2n) is 6.57. The number of esters is 1. The third kappa shape index (κ3) is 6.59. The van der Waals surface area contributed by atoms with Gasteiger partial charge in [-0.2, -0.15) is 5.26 Å². The lowest BCUT2D eigenvalue weighted by Gasteiger charge is -2.13. The largest absolute Gasteiger partial charge is 0.493 e. The van der Waals surface area contributed by atoms with Gasteiger partial charge in [0, 0.05) is 5.69 Å². The van der Waals surface area contributed by atoms with Crippen molar-refractivity contribution >= 4 is 39.6 Å². The maximum Gasteiger partial charge on any atom is 0.344 e. The summed E-state index contributed by atoms with van der Waals surface area (Å²) in [6.07, 6.45) is 1.45. The van der Waals surface area contributed by atoms with Crippen molar-refractivity contribution < 1.29 is 23.8 Å². The summed E-state index contributed by atoms with van der Waals surface area (Å²) < 4.78 is 16.2. The van der Waals surface area contributed by atoms with E-state index < -0.39 is 11.9 Å². The van der Waals surface area contributed by atoms with E-state index in [2.05, 4.69) is 21.2 Å². The summed E-state index contributed by atoms with van der Waals surface area (Å²) in [6.45, 7) is 5.53. The van der Waals surface area contributed by atoms with E-state index >= 15 is 0 Å². The van der Waals surface area contributed by atoms with Crippen molar-refractivity contribution in [1.29, 1.82) is 5.26 Å². The van der Waals surface area contributed by atoms with E-state index in [1.165, 1.54) is 13.2 Å². The number of amides is 1.